The number of carbonyl (C=O) groups is 1. The van der Waals surface area contributed by atoms with Gasteiger partial charge in [-0.15, -0.1) is 12.4 Å². The number of methoxy groups -OCH3 is 1. The molecule has 0 aliphatic carbocycles. The van der Waals surface area contributed by atoms with Crippen LogP contribution in [0.15, 0.2) is 30.3 Å². The number of nitrogens with two attached hydrogens (primary N) is 1. The lowest BCUT2D eigenvalue weighted by atomic mass is 10.0. The van der Waals surface area contributed by atoms with Crippen molar-refractivity contribution in [2.75, 3.05) is 33.5 Å². The van der Waals surface area contributed by atoms with E-state index in [0.29, 0.717) is 19.8 Å². The quantitative estimate of drug-likeness (QED) is 0.900. The fourth-order valence-corrected chi connectivity index (χ4v) is 2.28. The Morgan fingerprint density at radius 1 is 1.50 bits per heavy atom. The van der Waals surface area contributed by atoms with Gasteiger partial charge in [0.1, 0.15) is 6.04 Å². The first kappa shape index (κ1) is 16.9. The fraction of sp³-hybridized carbons (Fsp3) is 0.500. The van der Waals surface area contributed by atoms with Gasteiger partial charge in [0.25, 0.3) is 0 Å². The lowest BCUT2D eigenvalue weighted by molar-refractivity contribution is -0.142. The molecule has 0 spiro atoms. The molecule has 1 fully saturated rings. The van der Waals surface area contributed by atoms with Gasteiger partial charge in [-0.05, 0) is 5.56 Å². The molecule has 20 heavy (non-hydrogen) atoms. The summed E-state index contributed by atoms with van der Waals surface area (Å²) in [5, 5.41) is 0. The van der Waals surface area contributed by atoms with Crippen LogP contribution in [0.3, 0.4) is 0 Å². The Hall–Kier alpha value is -1.14. The maximum absolute atomic E-state index is 12.3. The summed E-state index contributed by atoms with van der Waals surface area (Å²) in [6, 6.07) is 9.20. The summed E-state index contributed by atoms with van der Waals surface area (Å²) in [5.41, 5.74) is 6.91. The summed E-state index contributed by atoms with van der Waals surface area (Å²) >= 11 is 0. The van der Waals surface area contributed by atoms with Crippen LogP contribution in [0.5, 0.6) is 0 Å². The van der Waals surface area contributed by atoms with E-state index in [2.05, 4.69) is 0 Å². The highest BCUT2D eigenvalue weighted by Gasteiger charge is 2.31. The van der Waals surface area contributed by atoms with Crippen LogP contribution in [-0.4, -0.2) is 50.3 Å². The van der Waals surface area contributed by atoms with Gasteiger partial charge < -0.3 is 20.1 Å². The lowest BCUT2D eigenvalue weighted by Gasteiger charge is -2.37. The first-order chi connectivity index (χ1) is 9.24. The molecule has 0 radical (unpaired) electrons. The van der Waals surface area contributed by atoms with Crippen LogP contribution in [0.4, 0.5) is 0 Å². The summed E-state index contributed by atoms with van der Waals surface area (Å²) in [5.74, 6) is -0.0843. The predicted octanol–water partition coefficient (Wildman–Crippen LogP) is 0.982. The highest BCUT2D eigenvalue weighted by atomic mass is 35.5. The van der Waals surface area contributed by atoms with Gasteiger partial charge in [0, 0.05) is 13.7 Å². The third kappa shape index (κ3) is 3.93. The highest BCUT2D eigenvalue weighted by Crippen LogP contribution is 2.24. The fourth-order valence-electron chi connectivity index (χ4n) is 2.28. The van der Waals surface area contributed by atoms with Gasteiger partial charge in [-0.3, -0.25) is 4.79 Å². The van der Waals surface area contributed by atoms with Crippen molar-refractivity contribution in [2.45, 2.75) is 12.1 Å². The molecule has 1 aliphatic heterocycles. The molecular weight excluding hydrogens is 280 g/mol. The zero-order chi connectivity index (χ0) is 13.7. The number of hydrogen-bond acceptors (Lipinski definition) is 4. The van der Waals surface area contributed by atoms with E-state index in [1.165, 1.54) is 0 Å². The lowest BCUT2D eigenvalue weighted by Crippen LogP contribution is -2.51. The molecule has 0 bridgehead atoms. The average Bonchev–Trinajstić information content (AvgIpc) is 2.47. The minimum atomic E-state index is -0.616. The molecule has 1 heterocycles. The van der Waals surface area contributed by atoms with Crippen molar-refractivity contribution in [3.05, 3.63) is 35.9 Å². The van der Waals surface area contributed by atoms with Crippen molar-refractivity contribution in [1.82, 2.24) is 4.90 Å². The normalized spacial score (nSPS) is 20.1. The molecule has 2 N–H and O–H groups in total. The zero-order valence-electron chi connectivity index (χ0n) is 11.5. The Bertz CT molecular complexity index is 416. The molecule has 112 valence electrons. The van der Waals surface area contributed by atoms with E-state index in [9.17, 15) is 4.79 Å². The Labute approximate surface area is 125 Å². The number of morpholine rings is 1. The van der Waals surface area contributed by atoms with Gasteiger partial charge in [0.15, 0.2) is 0 Å². The van der Waals surface area contributed by atoms with Crippen LogP contribution in [0.1, 0.15) is 11.6 Å². The van der Waals surface area contributed by atoms with E-state index in [1.54, 1.807) is 12.0 Å². The third-order valence-corrected chi connectivity index (χ3v) is 3.26. The van der Waals surface area contributed by atoms with Crippen LogP contribution in [-0.2, 0) is 14.3 Å². The van der Waals surface area contributed by atoms with Crippen LogP contribution >= 0.6 is 12.4 Å². The molecule has 0 saturated carbocycles. The molecule has 6 heteroatoms. The number of benzene rings is 1. The summed E-state index contributed by atoms with van der Waals surface area (Å²) in [7, 11) is 1.54. The van der Waals surface area contributed by atoms with Gasteiger partial charge in [-0.1, -0.05) is 30.3 Å². The first-order valence-electron chi connectivity index (χ1n) is 6.41. The van der Waals surface area contributed by atoms with Gasteiger partial charge in [0.2, 0.25) is 5.91 Å². The van der Waals surface area contributed by atoms with E-state index < -0.39 is 6.04 Å². The second kappa shape index (κ2) is 8.21. The number of carbonyl (C=O) groups excluding carboxylic acids is 1. The summed E-state index contributed by atoms with van der Waals surface area (Å²) in [6.07, 6.45) is 0. The van der Waals surface area contributed by atoms with Crippen molar-refractivity contribution < 1.29 is 14.3 Å². The Morgan fingerprint density at radius 2 is 2.20 bits per heavy atom. The number of halogens is 1. The van der Waals surface area contributed by atoms with Crippen molar-refractivity contribution in [3.8, 4) is 0 Å². The van der Waals surface area contributed by atoms with E-state index >= 15 is 0 Å². The molecule has 1 aromatic rings. The van der Waals surface area contributed by atoms with Crippen LogP contribution in [0, 0.1) is 0 Å². The largest absolute Gasteiger partial charge is 0.383 e. The maximum Gasteiger partial charge on any atom is 0.242 e. The standard InChI is InChI=1S/C14H20N2O3.ClH/c1-18-9-12(15)14(17)16-7-8-19-10-13(16)11-5-3-2-4-6-11;/h2-6,12-13H,7-10,15H2,1H3;1H. The number of nitrogens with zero attached hydrogens (tertiary/aromatic N) is 1. The molecule has 2 unspecified atom stereocenters. The molecule has 1 amide bonds. The first-order valence-corrected chi connectivity index (χ1v) is 6.41. The van der Waals surface area contributed by atoms with Crippen molar-refractivity contribution in [2.24, 2.45) is 5.73 Å². The van der Waals surface area contributed by atoms with Gasteiger partial charge >= 0.3 is 0 Å². The van der Waals surface area contributed by atoms with Crippen LogP contribution in [0.2, 0.25) is 0 Å². The summed E-state index contributed by atoms with van der Waals surface area (Å²) < 4.78 is 10.4. The van der Waals surface area contributed by atoms with E-state index in [4.69, 9.17) is 15.2 Å². The second-order valence-electron chi connectivity index (χ2n) is 4.59. The molecular formula is C14H21ClN2O3. The number of ether oxygens (including phenoxy) is 2. The molecule has 2 atom stereocenters. The summed E-state index contributed by atoms with van der Waals surface area (Å²) in [4.78, 5) is 14.1. The highest BCUT2D eigenvalue weighted by molar-refractivity contribution is 5.85. The van der Waals surface area contributed by atoms with Crippen molar-refractivity contribution >= 4 is 18.3 Å². The predicted molar refractivity (Wildman–Crippen MR) is 78.8 cm³/mol. The summed E-state index contributed by atoms with van der Waals surface area (Å²) in [6.45, 7) is 1.86. The number of hydrogen-bond donors (Lipinski definition) is 1. The number of amides is 1. The zero-order valence-corrected chi connectivity index (χ0v) is 12.3. The molecule has 1 aliphatic rings. The minimum absolute atomic E-state index is 0. The van der Waals surface area contributed by atoms with E-state index in [0.717, 1.165) is 5.56 Å². The van der Waals surface area contributed by atoms with Gasteiger partial charge in [-0.2, -0.15) is 0 Å². The Balaban J connectivity index is 0.00000200. The van der Waals surface area contributed by atoms with E-state index in [-0.39, 0.29) is 31.0 Å². The monoisotopic (exact) mass is 300 g/mol. The maximum atomic E-state index is 12.3. The van der Waals surface area contributed by atoms with Gasteiger partial charge in [-0.25, -0.2) is 0 Å². The smallest absolute Gasteiger partial charge is 0.242 e. The molecule has 1 saturated heterocycles. The topological polar surface area (TPSA) is 64.8 Å². The second-order valence-corrected chi connectivity index (χ2v) is 4.59. The van der Waals surface area contributed by atoms with Crippen LogP contribution < -0.4 is 5.73 Å². The van der Waals surface area contributed by atoms with Crippen molar-refractivity contribution in [1.29, 1.82) is 0 Å². The SMILES string of the molecule is COCC(N)C(=O)N1CCOCC1c1ccccc1.Cl. The molecule has 0 aromatic heterocycles. The number of rotatable bonds is 4. The van der Waals surface area contributed by atoms with Crippen LogP contribution in [0.25, 0.3) is 0 Å². The molecule has 5 nitrogen and oxygen atoms in total. The molecule has 1 aromatic carbocycles. The molecule has 2 rings (SSSR count). The Morgan fingerprint density at radius 3 is 2.85 bits per heavy atom. The van der Waals surface area contributed by atoms with Gasteiger partial charge in [0.05, 0.1) is 25.9 Å². The third-order valence-electron chi connectivity index (χ3n) is 3.26. The van der Waals surface area contributed by atoms with E-state index in [1.807, 2.05) is 30.3 Å². The average molecular weight is 301 g/mol. The van der Waals surface area contributed by atoms with Crippen molar-refractivity contribution in [3.63, 3.8) is 0 Å². The Kier molecular flexibility index (Phi) is 6.95. The minimum Gasteiger partial charge on any atom is -0.383 e.